The van der Waals surface area contributed by atoms with Crippen molar-refractivity contribution < 1.29 is 29.9 Å². The summed E-state index contributed by atoms with van der Waals surface area (Å²) in [7, 11) is 0. The zero-order valence-electron chi connectivity index (χ0n) is 14.2. The van der Waals surface area contributed by atoms with Gasteiger partial charge in [0.25, 0.3) is 0 Å². The third-order valence-corrected chi connectivity index (χ3v) is 4.30. The minimum atomic E-state index is -1.40. The highest BCUT2D eigenvalue weighted by Crippen LogP contribution is 2.26. The van der Waals surface area contributed by atoms with Crippen molar-refractivity contribution in [2.24, 2.45) is 5.92 Å². The van der Waals surface area contributed by atoms with E-state index in [4.69, 9.17) is 9.47 Å². The lowest BCUT2D eigenvalue weighted by Gasteiger charge is -2.41. The smallest absolute Gasteiger partial charge is 0.186 e. The van der Waals surface area contributed by atoms with Crippen LogP contribution in [0.15, 0.2) is 12.7 Å². The molecule has 0 unspecified atom stereocenters. The number of rotatable bonds is 10. The molecule has 4 N–H and O–H groups in total. The van der Waals surface area contributed by atoms with Gasteiger partial charge in [0.1, 0.15) is 24.4 Å². The van der Waals surface area contributed by atoms with Gasteiger partial charge >= 0.3 is 0 Å². The van der Waals surface area contributed by atoms with E-state index in [0.29, 0.717) is 0 Å². The standard InChI is InChI=1S/C17H32O6/c1-4-5-6-7-8-9-12(11(2)3)22-17-16(21)15(20)14(19)13(10-18)23-17/h4,11-21H,1,5-10H2,2-3H3/t12-,13+,14+,15-,16+,17+/m0/s1. The molecule has 6 atom stereocenters. The van der Waals surface area contributed by atoms with E-state index in [9.17, 15) is 20.4 Å². The highest BCUT2D eigenvalue weighted by atomic mass is 16.7. The van der Waals surface area contributed by atoms with E-state index in [0.717, 1.165) is 32.1 Å². The highest BCUT2D eigenvalue weighted by molar-refractivity contribution is 4.89. The van der Waals surface area contributed by atoms with Gasteiger partial charge in [-0.3, -0.25) is 0 Å². The zero-order valence-corrected chi connectivity index (χ0v) is 14.2. The van der Waals surface area contributed by atoms with Gasteiger partial charge in [0.2, 0.25) is 0 Å². The van der Waals surface area contributed by atoms with Crippen molar-refractivity contribution in [3.05, 3.63) is 12.7 Å². The summed E-state index contributed by atoms with van der Waals surface area (Å²) < 4.78 is 11.3. The monoisotopic (exact) mass is 332 g/mol. The molecule has 1 fully saturated rings. The summed E-state index contributed by atoms with van der Waals surface area (Å²) in [6.45, 7) is 7.31. The lowest BCUT2D eigenvalue weighted by atomic mass is 9.97. The predicted octanol–water partition coefficient (Wildman–Crippen LogP) is 0.964. The second-order valence-electron chi connectivity index (χ2n) is 6.54. The van der Waals surface area contributed by atoms with E-state index < -0.39 is 37.3 Å². The molecular formula is C17H32O6. The van der Waals surface area contributed by atoms with Crippen LogP contribution in [0.1, 0.15) is 46.0 Å². The summed E-state index contributed by atoms with van der Waals surface area (Å²) in [6, 6.07) is 0. The van der Waals surface area contributed by atoms with Gasteiger partial charge in [0.05, 0.1) is 12.7 Å². The number of aliphatic hydroxyl groups is 4. The van der Waals surface area contributed by atoms with Crippen LogP contribution < -0.4 is 0 Å². The van der Waals surface area contributed by atoms with Gasteiger partial charge in [0.15, 0.2) is 6.29 Å². The maximum Gasteiger partial charge on any atom is 0.186 e. The van der Waals surface area contributed by atoms with Crippen LogP contribution in [0.3, 0.4) is 0 Å². The molecule has 136 valence electrons. The van der Waals surface area contributed by atoms with Gasteiger partial charge in [0, 0.05) is 0 Å². The first-order chi connectivity index (χ1) is 10.9. The summed E-state index contributed by atoms with van der Waals surface area (Å²) in [5.41, 5.74) is 0. The summed E-state index contributed by atoms with van der Waals surface area (Å²) >= 11 is 0. The minimum absolute atomic E-state index is 0.125. The second-order valence-corrected chi connectivity index (χ2v) is 6.54. The maximum atomic E-state index is 10.0. The van der Waals surface area contributed by atoms with Crippen LogP contribution >= 0.6 is 0 Å². The first kappa shape index (κ1) is 20.5. The molecule has 6 nitrogen and oxygen atoms in total. The molecule has 0 aromatic rings. The van der Waals surface area contributed by atoms with Crippen molar-refractivity contribution in [1.29, 1.82) is 0 Å². The highest BCUT2D eigenvalue weighted by Gasteiger charge is 2.44. The number of hydrogen-bond donors (Lipinski definition) is 4. The molecule has 1 aliphatic heterocycles. The molecule has 0 radical (unpaired) electrons. The Balaban J connectivity index is 2.55. The van der Waals surface area contributed by atoms with E-state index in [1.165, 1.54) is 0 Å². The average Bonchev–Trinajstić information content (AvgIpc) is 2.53. The molecule has 0 aliphatic carbocycles. The van der Waals surface area contributed by atoms with Crippen molar-refractivity contribution >= 4 is 0 Å². The topological polar surface area (TPSA) is 99.4 Å². The first-order valence-corrected chi connectivity index (χ1v) is 8.49. The Labute approximate surface area is 138 Å². The van der Waals surface area contributed by atoms with Gasteiger partial charge in [-0.05, 0) is 25.2 Å². The fourth-order valence-electron chi connectivity index (χ4n) is 2.72. The minimum Gasteiger partial charge on any atom is -0.394 e. The van der Waals surface area contributed by atoms with E-state index in [2.05, 4.69) is 6.58 Å². The first-order valence-electron chi connectivity index (χ1n) is 8.49. The summed E-state index contributed by atoms with van der Waals surface area (Å²) in [5, 5.41) is 38.8. The molecule has 0 spiro atoms. The maximum absolute atomic E-state index is 10.0. The van der Waals surface area contributed by atoms with E-state index in [-0.39, 0.29) is 12.0 Å². The van der Waals surface area contributed by atoms with Crippen molar-refractivity contribution in [2.75, 3.05) is 6.61 Å². The Morgan fingerprint density at radius 3 is 2.35 bits per heavy atom. The summed E-state index contributed by atoms with van der Waals surface area (Å²) in [4.78, 5) is 0. The molecule has 23 heavy (non-hydrogen) atoms. The van der Waals surface area contributed by atoms with Crippen LogP contribution in [0.5, 0.6) is 0 Å². The molecule has 0 bridgehead atoms. The van der Waals surface area contributed by atoms with Crippen LogP contribution in [0.2, 0.25) is 0 Å². The van der Waals surface area contributed by atoms with Crippen LogP contribution in [0.4, 0.5) is 0 Å². The third kappa shape index (κ3) is 6.14. The number of hydrogen-bond acceptors (Lipinski definition) is 6. The second kappa shape index (κ2) is 10.4. The van der Waals surface area contributed by atoms with Gasteiger partial charge in [-0.25, -0.2) is 0 Å². The summed E-state index contributed by atoms with van der Waals surface area (Å²) in [6.07, 6.45) is 0.696. The number of allylic oxidation sites excluding steroid dienone is 1. The molecule has 1 rings (SSSR count). The third-order valence-electron chi connectivity index (χ3n) is 4.30. The molecule has 1 heterocycles. The Bertz CT molecular complexity index is 333. The Hall–Kier alpha value is -0.500. The van der Waals surface area contributed by atoms with Gasteiger partial charge in [-0.1, -0.05) is 32.8 Å². The molecule has 1 saturated heterocycles. The fourth-order valence-corrected chi connectivity index (χ4v) is 2.72. The largest absolute Gasteiger partial charge is 0.394 e. The van der Waals surface area contributed by atoms with E-state index in [1.807, 2.05) is 19.9 Å². The lowest BCUT2D eigenvalue weighted by molar-refractivity contribution is -0.314. The lowest BCUT2D eigenvalue weighted by Crippen LogP contribution is -2.59. The van der Waals surface area contributed by atoms with Crippen LogP contribution in [-0.4, -0.2) is 63.8 Å². The molecule has 0 aromatic carbocycles. The molecule has 0 aromatic heterocycles. The summed E-state index contributed by atoms with van der Waals surface area (Å²) in [5.74, 6) is 0.224. The molecule has 0 amide bonds. The molecular weight excluding hydrogens is 300 g/mol. The van der Waals surface area contributed by atoms with Gasteiger partial charge in [-0.2, -0.15) is 0 Å². The van der Waals surface area contributed by atoms with Crippen molar-refractivity contribution in [2.45, 2.75) is 82.8 Å². The quantitative estimate of drug-likeness (QED) is 0.351. The van der Waals surface area contributed by atoms with Crippen LogP contribution in [-0.2, 0) is 9.47 Å². The number of unbranched alkanes of at least 4 members (excludes halogenated alkanes) is 3. The van der Waals surface area contributed by atoms with E-state index >= 15 is 0 Å². The average molecular weight is 332 g/mol. The van der Waals surface area contributed by atoms with Crippen LogP contribution in [0, 0.1) is 5.92 Å². The molecule has 0 saturated carbocycles. The Kier molecular flexibility index (Phi) is 9.27. The van der Waals surface area contributed by atoms with Crippen molar-refractivity contribution in [1.82, 2.24) is 0 Å². The van der Waals surface area contributed by atoms with Crippen molar-refractivity contribution in [3.63, 3.8) is 0 Å². The SMILES string of the molecule is C=CCCCCC[C@H](O[C@@H]1O[C@H](CO)[C@@H](O)[C@H](O)[C@H]1O)C(C)C. The van der Waals surface area contributed by atoms with Gasteiger partial charge in [-0.15, -0.1) is 6.58 Å². The Morgan fingerprint density at radius 1 is 1.09 bits per heavy atom. The van der Waals surface area contributed by atoms with Crippen molar-refractivity contribution in [3.8, 4) is 0 Å². The van der Waals surface area contributed by atoms with Crippen LogP contribution in [0.25, 0.3) is 0 Å². The normalized spacial score (nSPS) is 32.9. The number of ether oxygens (including phenoxy) is 2. The van der Waals surface area contributed by atoms with Gasteiger partial charge < -0.3 is 29.9 Å². The predicted molar refractivity (Wildman–Crippen MR) is 86.8 cm³/mol. The Morgan fingerprint density at radius 2 is 1.78 bits per heavy atom. The fraction of sp³-hybridized carbons (Fsp3) is 0.882. The zero-order chi connectivity index (χ0) is 17.4. The molecule has 1 aliphatic rings. The number of aliphatic hydroxyl groups excluding tert-OH is 4. The molecule has 6 heteroatoms. The van der Waals surface area contributed by atoms with E-state index in [1.54, 1.807) is 0 Å².